The van der Waals surface area contributed by atoms with Crippen LogP contribution in [-0.2, 0) is 0 Å². The molecule has 0 aliphatic carbocycles. The van der Waals surface area contributed by atoms with Gasteiger partial charge in [0.15, 0.2) is 5.65 Å². The number of benzene rings is 2. The standard InChI is InChI=1S/C25H21Cl2N5O2/c26-17-5-1-15(20(27)13-17)4-8-21-23-19(25(34)32-11-9-28-10-12-32)14-22(29-24(23)31-30-21)16-2-6-18(33)7-3-16/h1-8,13-14,28,33H,9-12H2,(H,29,30,31). The summed E-state index contributed by atoms with van der Waals surface area (Å²) in [6.45, 7) is 2.75. The van der Waals surface area contributed by atoms with Crippen LogP contribution in [0.2, 0.25) is 10.0 Å². The first-order valence-electron chi connectivity index (χ1n) is 10.8. The van der Waals surface area contributed by atoms with E-state index in [9.17, 15) is 9.90 Å². The van der Waals surface area contributed by atoms with E-state index in [1.165, 1.54) is 0 Å². The molecule has 9 heteroatoms. The Kier molecular flexibility index (Phi) is 6.24. The van der Waals surface area contributed by atoms with Crippen molar-refractivity contribution in [3.63, 3.8) is 0 Å². The highest BCUT2D eigenvalue weighted by Gasteiger charge is 2.24. The van der Waals surface area contributed by atoms with E-state index < -0.39 is 0 Å². The lowest BCUT2D eigenvalue weighted by Gasteiger charge is -2.27. The van der Waals surface area contributed by atoms with Gasteiger partial charge in [-0.2, -0.15) is 5.10 Å². The number of piperazine rings is 1. The predicted molar refractivity (Wildman–Crippen MR) is 135 cm³/mol. The molecule has 0 saturated carbocycles. The van der Waals surface area contributed by atoms with Crippen LogP contribution in [0.25, 0.3) is 34.4 Å². The fourth-order valence-corrected chi connectivity index (χ4v) is 4.44. The van der Waals surface area contributed by atoms with E-state index in [4.69, 9.17) is 23.2 Å². The van der Waals surface area contributed by atoms with Gasteiger partial charge in [0.1, 0.15) is 5.75 Å². The van der Waals surface area contributed by atoms with Crippen LogP contribution in [0.4, 0.5) is 0 Å². The topological polar surface area (TPSA) is 94.1 Å². The molecule has 7 nitrogen and oxygen atoms in total. The van der Waals surface area contributed by atoms with Gasteiger partial charge in [-0.05, 0) is 54.1 Å². The molecule has 1 aliphatic rings. The molecule has 0 unspecified atom stereocenters. The van der Waals surface area contributed by atoms with Gasteiger partial charge in [-0.1, -0.05) is 35.3 Å². The van der Waals surface area contributed by atoms with Crippen molar-refractivity contribution in [3.05, 3.63) is 75.4 Å². The Labute approximate surface area is 206 Å². The molecule has 0 spiro atoms. The minimum atomic E-state index is -0.0745. The number of phenolic OH excluding ortho intramolecular Hbond substituents is 1. The molecular formula is C25H21Cl2N5O2. The predicted octanol–water partition coefficient (Wildman–Crippen LogP) is 4.85. The Bertz CT molecular complexity index is 1390. The summed E-state index contributed by atoms with van der Waals surface area (Å²) in [5.41, 5.74) is 3.79. The average molecular weight is 494 g/mol. The Morgan fingerprint density at radius 3 is 2.53 bits per heavy atom. The van der Waals surface area contributed by atoms with Gasteiger partial charge in [-0.3, -0.25) is 9.89 Å². The van der Waals surface area contributed by atoms with Crippen LogP contribution in [0, 0.1) is 0 Å². The maximum atomic E-state index is 13.6. The van der Waals surface area contributed by atoms with Crippen LogP contribution in [0.15, 0.2) is 48.5 Å². The largest absolute Gasteiger partial charge is 0.508 e. The molecule has 3 heterocycles. The molecule has 172 valence electrons. The number of rotatable bonds is 4. The number of halogens is 2. The number of hydrogen-bond acceptors (Lipinski definition) is 5. The highest BCUT2D eigenvalue weighted by Crippen LogP contribution is 2.30. The highest BCUT2D eigenvalue weighted by atomic mass is 35.5. The number of nitrogens with one attached hydrogen (secondary N) is 2. The highest BCUT2D eigenvalue weighted by molar-refractivity contribution is 6.35. The summed E-state index contributed by atoms with van der Waals surface area (Å²) in [5.74, 6) is 0.0875. The second-order valence-corrected chi connectivity index (χ2v) is 8.82. The van der Waals surface area contributed by atoms with Crippen LogP contribution < -0.4 is 5.32 Å². The second-order valence-electron chi connectivity index (χ2n) is 7.98. The van der Waals surface area contributed by atoms with Gasteiger partial charge < -0.3 is 15.3 Å². The van der Waals surface area contributed by atoms with Gasteiger partial charge in [-0.25, -0.2) is 4.98 Å². The number of nitrogens with zero attached hydrogens (tertiary/aromatic N) is 3. The van der Waals surface area contributed by atoms with Gasteiger partial charge in [0.2, 0.25) is 0 Å². The van der Waals surface area contributed by atoms with Crippen molar-refractivity contribution < 1.29 is 9.90 Å². The minimum Gasteiger partial charge on any atom is -0.508 e. The van der Waals surface area contributed by atoms with Gasteiger partial charge in [0, 0.05) is 41.8 Å². The fourth-order valence-electron chi connectivity index (χ4n) is 3.96. The first-order chi connectivity index (χ1) is 16.5. The molecule has 34 heavy (non-hydrogen) atoms. The van der Waals surface area contributed by atoms with Crippen molar-refractivity contribution >= 4 is 52.3 Å². The Morgan fingerprint density at radius 2 is 1.79 bits per heavy atom. The number of carbonyl (C=O) groups excluding carboxylic acids is 1. The maximum Gasteiger partial charge on any atom is 0.254 e. The smallest absolute Gasteiger partial charge is 0.254 e. The van der Waals surface area contributed by atoms with Crippen LogP contribution in [0.5, 0.6) is 5.75 Å². The summed E-state index contributed by atoms with van der Waals surface area (Å²) < 4.78 is 0. The average Bonchev–Trinajstić information content (AvgIpc) is 3.26. The van der Waals surface area contributed by atoms with E-state index in [-0.39, 0.29) is 11.7 Å². The van der Waals surface area contributed by atoms with Crippen molar-refractivity contribution in [3.8, 4) is 17.0 Å². The third kappa shape index (κ3) is 4.50. The summed E-state index contributed by atoms with van der Waals surface area (Å²) >= 11 is 12.3. The SMILES string of the molecule is O=C(c1cc(-c2ccc(O)cc2)nc2n[nH]c(C=Cc3ccc(Cl)cc3Cl)c12)N1CCNCC1. The Hall–Kier alpha value is -3.39. The fraction of sp³-hybridized carbons (Fsp3) is 0.160. The zero-order valence-corrected chi connectivity index (χ0v) is 19.6. The molecular weight excluding hydrogens is 473 g/mol. The van der Waals surface area contributed by atoms with Gasteiger partial charge in [0.05, 0.1) is 22.3 Å². The lowest BCUT2D eigenvalue weighted by atomic mass is 10.0. The number of aromatic nitrogens is 3. The van der Waals surface area contributed by atoms with Crippen molar-refractivity contribution in [1.29, 1.82) is 0 Å². The van der Waals surface area contributed by atoms with Crippen LogP contribution in [0.1, 0.15) is 21.6 Å². The van der Waals surface area contributed by atoms with Crippen molar-refractivity contribution in [2.45, 2.75) is 0 Å². The van der Waals surface area contributed by atoms with E-state index in [1.807, 2.05) is 23.1 Å². The van der Waals surface area contributed by atoms with Crippen molar-refractivity contribution in [2.75, 3.05) is 26.2 Å². The number of pyridine rings is 1. The summed E-state index contributed by atoms with van der Waals surface area (Å²) in [6.07, 6.45) is 3.68. The van der Waals surface area contributed by atoms with Crippen molar-refractivity contribution in [1.82, 2.24) is 25.4 Å². The molecule has 1 fully saturated rings. The monoisotopic (exact) mass is 493 g/mol. The quantitative estimate of drug-likeness (QED) is 0.377. The molecule has 0 atom stereocenters. The summed E-state index contributed by atoms with van der Waals surface area (Å²) in [4.78, 5) is 20.1. The van der Waals surface area contributed by atoms with Crippen LogP contribution in [-0.4, -0.2) is 57.3 Å². The van der Waals surface area contributed by atoms with Gasteiger partial charge in [-0.15, -0.1) is 0 Å². The zero-order valence-electron chi connectivity index (χ0n) is 18.1. The third-order valence-corrected chi connectivity index (χ3v) is 6.30. The lowest BCUT2D eigenvalue weighted by molar-refractivity contribution is 0.0737. The normalized spacial score (nSPS) is 14.2. The Balaban J connectivity index is 1.62. The molecule has 4 aromatic rings. The number of H-pyrrole nitrogens is 1. The summed E-state index contributed by atoms with van der Waals surface area (Å²) in [5, 5.41) is 22.0. The van der Waals surface area contributed by atoms with Crippen LogP contribution >= 0.6 is 23.2 Å². The van der Waals surface area contributed by atoms with E-state index >= 15 is 0 Å². The number of aromatic amines is 1. The molecule has 2 aromatic carbocycles. The molecule has 5 rings (SSSR count). The summed E-state index contributed by atoms with van der Waals surface area (Å²) in [6, 6.07) is 13.8. The Morgan fingerprint density at radius 1 is 1.03 bits per heavy atom. The lowest BCUT2D eigenvalue weighted by Crippen LogP contribution is -2.46. The number of carbonyl (C=O) groups is 1. The number of aromatic hydroxyl groups is 1. The molecule has 0 radical (unpaired) electrons. The molecule has 2 aromatic heterocycles. The molecule has 3 N–H and O–H groups in total. The van der Waals surface area contributed by atoms with E-state index in [1.54, 1.807) is 42.5 Å². The zero-order chi connectivity index (χ0) is 23.7. The molecule has 1 saturated heterocycles. The maximum absolute atomic E-state index is 13.6. The third-order valence-electron chi connectivity index (χ3n) is 5.74. The second kappa shape index (κ2) is 9.46. The molecule has 1 amide bonds. The number of hydrogen-bond donors (Lipinski definition) is 3. The first-order valence-corrected chi connectivity index (χ1v) is 11.6. The number of amides is 1. The van der Waals surface area contributed by atoms with E-state index in [2.05, 4.69) is 20.5 Å². The summed E-state index contributed by atoms with van der Waals surface area (Å²) in [7, 11) is 0. The number of fused-ring (bicyclic) bond motifs is 1. The number of phenols is 1. The van der Waals surface area contributed by atoms with Crippen LogP contribution in [0.3, 0.4) is 0 Å². The molecule has 0 bridgehead atoms. The van der Waals surface area contributed by atoms with Gasteiger partial charge >= 0.3 is 0 Å². The van der Waals surface area contributed by atoms with Crippen molar-refractivity contribution in [2.24, 2.45) is 0 Å². The van der Waals surface area contributed by atoms with Gasteiger partial charge in [0.25, 0.3) is 5.91 Å². The van der Waals surface area contributed by atoms with E-state index in [0.29, 0.717) is 51.1 Å². The molecule has 1 aliphatic heterocycles. The van der Waals surface area contributed by atoms with E-state index in [0.717, 1.165) is 24.2 Å². The minimum absolute atomic E-state index is 0.0745. The first kappa shape index (κ1) is 22.4.